The molecule has 34 heavy (non-hydrogen) atoms. The minimum Gasteiger partial charge on any atom is -0.329 e. The van der Waals surface area contributed by atoms with Gasteiger partial charge in [-0.3, -0.25) is 9.79 Å². The van der Waals surface area contributed by atoms with Gasteiger partial charge in [0.1, 0.15) is 0 Å². The van der Waals surface area contributed by atoms with Crippen LogP contribution in [0.1, 0.15) is 25.0 Å². The van der Waals surface area contributed by atoms with Gasteiger partial charge in [0.05, 0.1) is 6.42 Å². The molecule has 0 spiro atoms. The van der Waals surface area contributed by atoms with Crippen LogP contribution in [-0.4, -0.2) is 17.1 Å². The van der Waals surface area contributed by atoms with Crippen LogP contribution >= 0.6 is 0 Å². The molecule has 1 amide bonds. The number of aryl methyl sites for hydroxylation is 1. The summed E-state index contributed by atoms with van der Waals surface area (Å²) in [5, 5.41) is 3.08. The molecule has 0 fully saturated rings. The Hall–Kier alpha value is -3.86. The van der Waals surface area contributed by atoms with Crippen molar-refractivity contribution in [3.63, 3.8) is 0 Å². The summed E-state index contributed by atoms with van der Waals surface area (Å²) in [5.74, 6) is -0.247. The van der Waals surface area contributed by atoms with Crippen LogP contribution in [0.25, 0.3) is 11.1 Å². The lowest BCUT2D eigenvalue weighted by atomic mass is 9.94. The summed E-state index contributed by atoms with van der Waals surface area (Å²) >= 11 is 0. The molecule has 172 valence electrons. The highest BCUT2D eigenvalue weighted by Gasteiger charge is 2.16. The van der Waals surface area contributed by atoms with Crippen LogP contribution < -0.4 is 5.32 Å². The molecule has 2 unspecified atom stereocenters. The third-order valence-corrected chi connectivity index (χ3v) is 6.08. The normalized spacial score (nSPS) is 19.6. The zero-order valence-corrected chi connectivity index (χ0v) is 19.6. The average molecular weight is 454 g/mol. The number of allylic oxidation sites excluding steroid dienone is 8. The molecule has 4 rings (SSSR count). The number of halogens is 1. The first kappa shape index (κ1) is 23.3. The molecule has 0 bridgehead atoms. The number of benzene rings is 1. The number of amides is 1. The van der Waals surface area contributed by atoms with Gasteiger partial charge in [0, 0.05) is 42.2 Å². The van der Waals surface area contributed by atoms with E-state index >= 15 is 0 Å². The molecule has 1 aliphatic carbocycles. The first-order valence-corrected chi connectivity index (χ1v) is 11.4. The number of aliphatic imine (C=N–C) groups is 1. The van der Waals surface area contributed by atoms with E-state index in [2.05, 4.69) is 47.4 Å². The Balaban J connectivity index is 1.47. The SMILES string of the molecule is Cc1cc(CC(=O)NC2=CC=C(C3=CN=CC=CC3C)C=CC2C)ccc1-c1ccnc(F)c1. The molecule has 1 aromatic heterocycles. The first-order valence-electron chi connectivity index (χ1n) is 11.4. The number of hydrogen-bond acceptors (Lipinski definition) is 3. The molecule has 2 heterocycles. The summed E-state index contributed by atoms with van der Waals surface area (Å²) in [7, 11) is 0. The zero-order valence-electron chi connectivity index (χ0n) is 19.6. The van der Waals surface area contributed by atoms with Crippen molar-refractivity contribution in [2.75, 3.05) is 0 Å². The van der Waals surface area contributed by atoms with E-state index in [0.29, 0.717) is 0 Å². The van der Waals surface area contributed by atoms with E-state index in [1.54, 1.807) is 12.3 Å². The van der Waals surface area contributed by atoms with Crippen LogP contribution in [-0.2, 0) is 11.2 Å². The largest absolute Gasteiger partial charge is 0.329 e. The predicted molar refractivity (Wildman–Crippen MR) is 136 cm³/mol. The smallest absolute Gasteiger partial charge is 0.228 e. The predicted octanol–water partition coefficient (Wildman–Crippen LogP) is 6.03. The number of aromatic nitrogens is 1. The molecule has 0 saturated carbocycles. The molecule has 1 aliphatic heterocycles. The number of carbonyl (C=O) groups excluding carboxylic acids is 1. The maximum absolute atomic E-state index is 13.5. The third kappa shape index (κ3) is 5.54. The van der Waals surface area contributed by atoms with Crippen LogP contribution in [0.5, 0.6) is 0 Å². The Labute approximate surface area is 200 Å². The van der Waals surface area contributed by atoms with E-state index in [9.17, 15) is 9.18 Å². The van der Waals surface area contributed by atoms with Gasteiger partial charge in [-0.1, -0.05) is 56.4 Å². The standard InChI is InChI=1S/C29H28FN3O/c1-19-5-4-13-31-18-26(19)23-8-6-20(2)27(11-9-23)33-29(34)16-22-7-10-25(21(3)15-22)24-12-14-32-28(30)17-24/h4-15,17-20H,16H2,1-3H3,(H,33,34). The monoisotopic (exact) mass is 453 g/mol. The van der Waals surface area contributed by atoms with E-state index in [1.807, 2.05) is 49.6 Å². The van der Waals surface area contributed by atoms with Crippen molar-refractivity contribution in [3.05, 3.63) is 113 Å². The van der Waals surface area contributed by atoms with Crippen LogP contribution in [0.4, 0.5) is 4.39 Å². The van der Waals surface area contributed by atoms with Gasteiger partial charge in [-0.25, -0.2) is 4.98 Å². The van der Waals surface area contributed by atoms with Crippen LogP contribution in [0.3, 0.4) is 0 Å². The summed E-state index contributed by atoms with van der Waals surface area (Å²) in [4.78, 5) is 20.8. The van der Waals surface area contributed by atoms with Crippen LogP contribution in [0, 0.1) is 24.7 Å². The van der Waals surface area contributed by atoms with Gasteiger partial charge >= 0.3 is 0 Å². The zero-order chi connectivity index (χ0) is 24.1. The summed E-state index contributed by atoms with van der Waals surface area (Å²) in [6.07, 6.45) is 17.7. The second-order valence-corrected chi connectivity index (χ2v) is 8.69. The second-order valence-electron chi connectivity index (χ2n) is 8.69. The molecule has 5 heteroatoms. The highest BCUT2D eigenvalue weighted by atomic mass is 19.1. The Kier molecular flexibility index (Phi) is 7.12. The van der Waals surface area contributed by atoms with Gasteiger partial charge in [-0.15, -0.1) is 0 Å². The molecule has 4 nitrogen and oxygen atoms in total. The molecule has 2 aliphatic rings. The van der Waals surface area contributed by atoms with E-state index in [1.165, 1.54) is 12.3 Å². The molecule has 0 saturated heterocycles. The van der Waals surface area contributed by atoms with Crippen molar-refractivity contribution in [1.82, 2.24) is 10.3 Å². The van der Waals surface area contributed by atoms with Crippen LogP contribution in [0.15, 0.2) is 101 Å². The van der Waals surface area contributed by atoms with Gasteiger partial charge < -0.3 is 5.32 Å². The van der Waals surface area contributed by atoms with Crippen molar-refractivity contribution in [1.29, 1.82) is 0 Å². The first-order chi connectivity index (χ1) is 16.4. The van der Waals surface area contributed by atoms with Gasteiger partial charge in [0.25, 0.3) is 0 Å². The van der Waals surface area contributed by atoms with E-state index in [-0.39, 0.29) is 24.2 Å². The fourth-order valence-electron chi connectivity index (χ4n) is 4.15. The highest BCUT2D eigenvalue weighted by Crippen LogP contribution is 2.27. The number of pyridine rings is 1. The van der Waals surface area contributed by atoms with Crippen molar-refractivity contribution in [2.24, 2.45) is 16.8 Å². The number of carbonyl (C=O) groups is 1. The van der Waals surface area contributed by atoms with Crippen molar-refractivity contribution in [3.8, 4) is 11.1 Å². The Morgan fingerprint density at radius 3 is 2.74 bits per heavy atom. The van der Waals surface area contributed by atoms with Gasteiger partial charge in [-0.2, -0.15) is 4.39 Å². The third-order valence-electron chi connectivity index (χ3n) is 6.08. The Morgan fingerprint density at radius 2 is 1.94 bits per heavy atom. The number of nitrogens with zero attached hydrogens (tertiary/aromatic N) is 2. The topological polar surface area (TPSA) is 54.4 Å². The van der Waals surface area contributed by atoms with Crippen molar-refractivity contribution in [2.45, 2.75) is 27.2 Å². The van der Waals surface area contributed by atoms with Gasteiger partial charge in [-0.05, 0) is 58.5 Å². The summed E-state index contributed by atoms with van der Waals surface area (Å²) < 4.78 is 13.5. The second kappa shape index (κ2) is 10.4. The van der Waals surface area contributed by atoms with E-state index < -0.39 is 5.95 Å². The quantitative estimate of drug-likeness (QED) is 0.562. The van der Waals surface area contributed by atoms with E-state index in [0.717, 1.165) is 39.1 Å². The molecule has 2 aromatic rings. The summed E-state index contributed by atoms with van der Waals surface area (Å²) in [6.45, 7) is 6.17. The number of rotatable bonds is 5. The lowest BCUT2D eigenvalue weighted by Crippen LogP contribution is -2.27. The van der Waals surface area contributed by atoms with E-state index in [4.69, 9.17) is 0 Å². The number of hydrogen-bond donors (Lipinski definition) is 1. The van der Waals surface area contributed by atoms with Gasteiger partial charge in [0.2, 0.25) is 11.9 Å². The molecular weight excluding hydrogens is 425 g/mol. The molecule has 1 N–H and O–H groups in total. The minimum absolute atomic E-state index is 0.0694. The fraction of sp³-hybridized carbons (Fsp3) is 0.207. The maximum atomic E-state index is 13.5. The molecule has 2 atom stereocenters. The number of nitrogens with one attached hydrogen (secondary N) is 1. The lowest BCUT2D eigenvalue weighted by Gasteiger charge is -2.14. The van der Waals surface area contributed by atoms with Crippen molar-refractivity contribution < 1.29 is 9.18 Å². The van der Waals surface area contributed by atoms with Crippen molar-refractivity contribution >= 4 is 12.1 Å². The fourth-order valence-corrected chi connectivity index (χ4v) is 4.15. The summed E-state index contributed by atoms with van der Waals surface area (Å²) in [5.41, 5.74) is 6.67. The van der Waals surface area contributed by atoms with Crippen LogP contribution in [0.2, 0.25) is 0 Å². The highest BCUT2D eigenvalue weighted by molar-refractivity contribution is 5.81. The van der Waals surface area contributed by atoms with Gasteiger partial charge in [0.15, 0.2) is 0 Å². The minimum atomic E-state index is -0.508. The summed E-state index contributed by atoms with van der Waals surface area (Å²) in [6, 6.07) is 9.01. The maximum Gasteiger partial charge on any atom is 0.228 e. The Morgan fingerprint density at radius 1 is 1.09 bits per heavy atom. The molecular formula is C29H28FN3O. The molecule has 0 radical (unpaired) electrons. The Bertz CT molecular complexity index is 1280. The lowest BCUT2D eigenvalue weighted by molar-refractivity contribution is -0.119. The molecule has 1 aromatic carbocycles. The average Bonchev–Trinajstić information content (AvgIpc) is 3.12.